The normalized spacial score (nSPS) is 17.0. The summed E-state index contributed by atoms with van der Waals surface area (Å²) in [5.74, 6) is 0.0932. The van der Waals surface area contributed by atoms with Gasteiger partial charge in [0.05, 0.1) is 5.54 Å². The molecule has 1 aliphatic rings. The smallest absolute Gasteiger partial charge is 0.262 e. The van der Waals surface area contributed by atoms with Crippen molar-refractivity contribution in [1.82, 2.24) is 9.97 Å². The van der Waals surface area contributed by atoms with Crippen molar-refractivity contribution in [1.29, 1.82) is 0 Å². The Labute approximate surface area is 130 Å². The van der Waals surface area contributed by atoms with E-state index in [1.807, 2.05) is 12.1 Å². The predicted octanol–water partition coefficient (Wildman–Crippen LogP) is 2.63. The molecule has 21 heavy (non-hydrogen) atoms. The van der Waals surface area contributed by atoms with E-state index in [-0.39, 0.29) is 17.0 Å². The van der Waals surface area contributed by atoms with E-state index in [0.29, 0.717) is 11.4 Å². The van der Waals surface area contributed by atoms with Gasteiger partial charge in [-0.1, -0.05) is 47.0 Å². The Bertz CT molecular complexity index is 736. The van der Waals surface area contributed by atoms with E-state index < -0.39 is 5.54 Å². The van der Waals surface area contributed by atoms with Crippen LogP contribution in [0.1, 0.15) is 31.5 Å². The number of aromatic amines is 1. The van der Waals surface area contributed by atoms with Crippen LogP contribution >= 0.6 is 15.9 Å². The zero-order chi connectivity index (χ0) is 15.0. The summed E-state index contributed by atoms with van der Waals surface area (Å²) in [6.07, 6.45) is 3.55. The number of nitrogens with zero attached hydrogens (tertiary/aromatic N) is 1. The van der Waals surface area contributed by atoms with Gasteiger partial charge in [-0.3, -0.25) is 4.79 Å². The zero-order valence-corrected chi connectivity index (χ0v) is 13.0. The van der Waals surface area contributed by atoms with Crippen LogP contribution in [0, 0.1) is 0 Å². The molecule has 0 atom stereocenters. The number of nitrogens with two attached hydrogens (primary N) is 1. The number of H-pyrrole nitrogens is 1. The van der Waals surface area contributed by atoms with Crippen LogP contribution in [0.2, 0.25) is 0 Å². The highest BCUT2D eigenvalue weighted by Gasteiger charge is 2.34. The summed E-state index contributed by atoms with van der Waals surface area (Å²) in [6.45, 7) is 0. The molecule has 0 aliphatic heterocycles. The standard InChI is InChI=1S/C15H16BrN3O2/c16-10-6-2-1-5-9(10)11-12(20)18-14(19-13(11)21)15(17)7-3-4-8-15/h1-2,5-6H,3-4,7-8,17H2,(H2,18,19,20,21). The first-order valence-corrected chi connectivity index (χ1v) is 7.68. The van der Waals surface area contributed by atoms with Gasteiger partial charge in [0.25, 0.3) is 5.56 Å². The molecule has 5 nitrogen and oxygen atoms in total. The molecule has 1 heterocycles. The fraction of sp³-hybridized carbons (Fsp3) is 0.333. The first-order valence-electron chi connectivity index (χ1n) is 6.89. The molecular weight excluding hydrogens is 334 g/mol. The van der Waals surface area contributed by atoms with Crippen molar-refractivity contribution in [3.63, 3.8) is 0 Å². The molecule has 0 bridgehead atoms. The highest BCUT2D eigenvalue weighted by molar-refractivity contribution is 9.10. The van der Waals surface area contributed by atoms with Crippen LogP contribution in [0.4, 0.5) is 0 Å². The lowest BCUT2D eigenvalue weighted by Gasteiger charge is -2.22. The number of hydrogen-bond donors (Lipinski definition) is 3. The second-order valence-corrected chi connectivity index (χ2v) is 6.31. The highest BCUT2D eigenvalue weighted by atomic mass is 79.9. The van der Waals surface area contributed by atoms with Crippen molar-refractivity contribution in [3.8, 4) is 17.0 Å². The van der Waals surface area contributed by atoms with Gasteiger partial charge in [0.1, 0.15) is 11.4 Å². The minimum Gasteiger partial charge on any atom is -0.493 e. The molecule has 2 aromatic rings. The zero-order valence-electron chi connectivity index (χ0n) is 11.4. The third-order valence-corrected chi connectivity index (χ3v) is 4.70. The summed E-state index contributed by atoms with van der Waals surface area (Å²) >= 11 is 3.38. The van der Waals surface area contributed by atoms with E-state index >= 15 is 0 Å². The number of halogens is 1. The third-order valence-electron chi connectivity index (χ3n) is 4.01. The molecule has 4 N–H and O–H groups in total. The van der Waals surface area contributed by atoms with Gasteiger partial charge in [-0.25, -0.2) is 0 Å². The molecule has 1 aromatic heterocycles. The second-order valence-electron chi connectivity index (χ2n) is 5.46. The molecule has 6 heteroatoms. The Kier molecular flexibility index (Phi) is 3.59. The molecule has 0 unspecified atom stereocenters. The van der Waals surface area contributed by atoms with Crippen molar-refractivity contribution in [2.45, 2.75) is 31.2 Å². The fourth-order valence-electron chi connectivity index (χ4n) is 2.85. The lowest BCUT2D eigenvalue weighted by molar-refractivity contribution is 0.402. The summed E-state index contributed by atoms with van der Waals surface area (Å²) in [5.41, 5.74) is 6.04. The predicted molar refractivity (Wildman–Crippen MR) is 84.0 cm³/mol. The summed E-state index contributed by atoms with van der Waals surface area (Å²) in [4.78, 5) is 19.3. The second kappa shape index (κ2) is 5.27. The monoisotopic (exact) mass is 349 g/mol. The number of rotatable bonds is 2. The molecule has 1 aromatic carbocycles. The average molecular weight is 350 g/mol. The van der Waals surface area contributed by atoms with Crippen LogP contribution < -0.4 is 11.3 Å². The molecule has 0 radical (unpaired) electrons. The van der Waals surface area contributed by atoms with Crippen LogP contribution in [-0.2, 0) is 5.54 Å². The molecule has 1 saturated carbocycles. The fourth-order valence-corrected chi connectivity index (χ4v) is 3.33. The molecule has 0 spiro atoms. The van der Waals surface area contributed by atoms with Gasteiger partial charge < -0.3 is 15.8 Å². The SMILES string of the molecule is NC1(c2nc(O)c(-c3ccccc3Br)c(=O)[nH]2)CCCC1. The van der Waals surface area contributed by atoms with Gasteiger partial charge >= 0.3 is 0 Å². The maximum Gasteiger partial charge on any atom is 0.262 e. The Balaban J connectivity index is 2.14. The molecule has 3 rings (SSSR count). The molecule has 0 saturated heterocycles. The van der Waals surface area contributed by atoms with E-state index in [0.717, 1.165) is 30.2 Å². The number of benzene rings is 1. The Morgan fingerprint density at radius 3 is 2.57 bits per heavy atom. The van der Waals surface area contributed by atoms with E-state index in [4.69, 9.17) is 5.73 Å². The lowest BCUT2D eigenvalue weighted by Crippen LogP contribution is -2.37. The number of aromatic hydroxyl groups is 1. The van der Waals surface area contributed by atoms with Gasteiger partial charge in [-0.05, 0) is 18.9 Å². The summed E-state index contributed by atoms with van der Waals surface area (Å²) in [5, 5.41) is 10.2. The highest BCUT2D eigenvalue weighted by Crippen LogP contribution is 2.36. The topological polar surface area (TPSA) is 92.0 Å². The van der Waals surface area contributed by atoms with E-state index in [2.05, 4.69) is 25.9 Å². The van der Waals surface area contributed by atoms with Crippen molar-refractivity contribution >= 4 is 15.9 Å². The van der Waals surface area contributed by atoms with Crippen molar-refractivity contribution in [2.75, 3.05) is 0 Å². The molecular formula is C15H16BrN3O2. The van der Waals surface area contributed by atoms with Gasteiger partial charge in [0.15, 0.2) is 0 Å². The number of nitrogens with one attached hydrogen (secondary N) is 1. The van der Waals surface area contributed by atoms with Crippen molar-refractivity contribution in [3.05, 3.63) is 44.9 Å². The summed E-state index contributed by atoms with van der Waals surface area (Å²) in [7, 11) is 0. The van der Waals surface area contributed by atoms with E-state index in [1.54, 1.807) is 12.1 Å². The number of hydrogen-bond acceptors (Lipinski definition) is 4. The van der Waals surface area contributed by atoms with Gasteiger partial charge in [0, 0.05) is 10.0 Å². The maximum atomic E-state index is 12.4. The first-order chi connectivity index (χ1) is 10.0. The van der Waals surface area contributed by atoms with Gasteiger partial charge in [-0.2, -0.15) is 4.98 Å². The Morgan fingerprint density at radius 1 is 1.29 bits per heavy atom. The van der Waals surface area contributed by atoms with E-state index in [1.165, 1.54) is 0 Å². The van der Waals surface area contributed by atoms with Crippen LogP contribution in [0.15, 0.2) is 33.5 Å². The van der Waals surface area contributed by atoms with Crippen LogP contribution in [0.25, 0.3) is 11.1 Å². The van der Waals surface area contributed by atoms with Crippen LogP contribution in [0.3, 0.4) is 0 Å². The first kappa shape index (κ1) is 14.3. The van der Waals surface area contributed by atoms with Crippen molar-refractivity contribution in [2.24, 2.45) is 5.73 Å². The minimum absolute atomic E-state index is 0.160. The average Bonchev–Trinajstić information content (AvgIpc) is 2.88. The van der Waals surface area contributed by atoms with Gasteiger partial charge in [0.2, 0.25) is 5.88 Å². The number of aromatic nitrogens is 2. The Morgan fingerprint density at radius 2 is 1.95 bits per heavy atom. The summed E-state index contributed by atoms with van der Waals surface area (Å²) in [6, 6.07) is 7.20. The van der Waals surface area contributed by atoms with Crippen LogP contribution in [0.5, 0.6) is 5.88 Å². The lowest BCUT2D eigenvalue weighted by atomic mass is 9.98. The maximum absolute atomic E-state index is 12.4. The quantitative estimate of drug-likeness (QED) is 0.776. The van der Waals surface area contributed by atoms with Gasteiger partial charge in [-0.15, -0.1) is 0 Å². The molecule has 1 fully saturated rings. The van der Waals surface area contributed by atoms with E-state index in [9.17, 15) is 9.90 Å². The third kappa shape index (κ3) is 2.49. The molecule has 110 valence electrons. The van der Waals surface area contributed by atoms with Crippen molar-refractivity contribution < 1.29 is 5.11 Å². The van der Waals surface area contributed by atoms with Crippen LogP contribution in [-0.4, -0.2) is 15.1 Å². The Hall–Kier alpha value is -1.66. The molecule has 0 amide bonds. The molecule has 1 aliphatic carbocycles. The minimum atomic E-state index is -0.636. The summed E-state index contributed by atoms with van der Waals surface area (Å²) < 4.78 is 0.726. The largest absolute Gasteiger partial charge is 0.493 e.